The molecular weight excluding hydrogens is 283 g/mol. The van der Waals surface area contributed by atoms with Gasteiger partial charge in [-0.05, 0) is 0 Å². The Labute approximate surface area is 103 Å². The van der Waals surface area contributed by atoms with Crippen LogP contribution in [0.1, 0.15) is 23.4 Å². The molecule has 3 nitrogen and oxygen atoms in total. The van der Waals surface area contributed by atoms with Crippen LogP contribution in [0.2, 0.25) is 0 Å². The van der Waals surface area contributed by atoms with Gasteiger partial charge in [0, 0.05) is 6.07 Å². The minimum Gasteiger partial charge on any atom is -0.404 e. The summed E-state index contributed by atoms with van der Waals surface area (Å²) in [5, 5.41) is 8.67. The van der Waals surface area contributed by atoms with Crippen LogP contribution < -0.4 is 4.74 Å². The molecule has 9 heteroatoms. The number of rotatable bonds is 3. The quantitative estimate of drug-likeness (QED) is 0.631. The van der Waals surface area contributed by atoms with Crippen LogP contribution in [0.15, 0.2) is 6.07 Å². The molecule has 98 valence electrons. The third kappa shape index (κ3) is 3.43. The van der Waals surface area contributed by atoms with E-state index in [0.29, 0.717) is 6.07 Å². The fraction of sp³-hybridized carbons (Fsp3) is 0.333. The van der Waals surface area contributed by atoms with E-state index in [1.807, 2.05) is 0 Å². The lowest BCUT2D eigenvalue weighted by Gasteiger charge is -2.13. The second kappa shape index (κ2) is 5.35. The number of alkyl halides is 6. The van der Waals surface area contributed by atoms with E-state index in [9.17, 15) is 22.0 Å². The Morgan fingerprint density at radius 1 is 1.44 bits per heavy atom. The van der Waals surface area contributed by atoms with Gasteiger partial charge >= 0.3 is 6.36 Å². The fourth-order valence-electron chi connectivity index (χ4n) is 1.13. The Kier molecular flexibility index (Phi) is 4.29. The summed E-state index contributed by atoms with van der Waals surface area (Å²) >= 11 is 5.34. The number of aromatic nitrogens is 1. The first kappa shape index (κ1) is 14.4. The molecule has 0 atom stereocenters. The zero-order valence-electron chi connectivity index (χ0n) is 8.43. The van der Waals surface area contributed by atoms with Crippen LogP contribution in [0.3, 0.4) is 0 Å². The average molecular weight is 287 g/mol. The van der Waals surface area contributed by atoms with Gasteiger partial charge in [0.05, 0.1) is 11.6 Å². The SMILES string of the molecule is N#Cc1c(OC(F)(F)F)cc(C(F)F)nc1CCl. The Bertz CT molecular complexity index is 483. The third-order valence-corrected chi connectivity index (χ3v) is 2.02. The van der Waals surface area contributed by atoms with Crippen molar-refractivity contribution < 1.29 is 26.7 Å². The molecule has 0 aliphatic rings. The molecule has 0 amide bonds. The molecule has 1 rings (SSSR count). The Balaban J connectivity index is 3.37. The van der Waals surface area contributed by atoms with Gasteiger partial charge in [0.1, 0.15) is 17.3 Å². The Morgan fingerprint density at radius 3 is 2.44 bits per heavy atom. The van der Waals surface area contributed by atoms with E-state index in [0.717, 1.165) is 0 Å². The maximum absolute atomic E-state index is 12.4. The van der Waals surface area contributed by atoms with E-state index in [4.69, 9.17) is 16.9 Å². The molecule has 0 saturated heterocycles. The van der Waals surface area contributed by atoms with Crippen LogP contribution in [0.4, 0.5) is 22.0 Å². The van der Waals surface area contributed by atoms with Gasteiger partial charge in [0.25, 0.3) is 6.43 Å². The van der Waals surface area contributed by atoms with Crippen molar-refractivity contribution in [3.63, 3.8) is 0 Å². The molecule has 0 aliphatic carbocycles. The maximum Gasteiger partial charge on any atom is 0.573 e. The smallest absolute Gasteiger partial charge is 0.404 e. The van der Waals surface area contributed by atoms with Gasteiger partial charge < -0.3 is 4.74 Å². The summed E-state index contributed by atoms with van der Waals surface area (Å²) in [7, 11) is 0. The van der Waals surface area contributed by atoms with E-state index in [1.165, 1.54) is 6.07 Å². The molecule has 0 spiro atoms. The normalized spacial score (nSPS) is 11.4. The van der Waals surface area contributed by atoms with Gasteiger partial charge in [-0.25, -0.2) is 13.8 Å². The first-order valence-electron chi connectivity index (χ1n) is 4.32. The van der Waals surface area contributed by atoms with E-state index < -0.39 is 41.4 Å². The van der Waals surface area contributed by atoms with Crippen LogP contribution in [0.25, 0.3) is 0 Å². The van der Waals surface area contributed by atoms with Gasteiger partial charge in [-0.15, -0.1) is 24.8 Å². The number of hydrogen-bond donors (Lipinski definition) is 0. The number of ether oxygens (including phenoxy) is 1. The largest absolute Gasteiger partial charge is 0.573 e. The number of pyridine rings is 1. The van der Waals surface area contributed by atoms with E-state index in [2.05, 4.69) is 9.72 Å². The molecule has 0 fully saturated rings. The molecule has 1 aromatic heterocycles. The molecule has 0 aromatic carbocycles. The third-order valence-electron chi connectivity index (χ3n) is 1.77. The molecule has 1 aromatic rings. The highest BCUT2D eigenvalue weighted by molar-refractivity contribution is 6.17. The molecule has 0 saturated carbocycles. The lowest BCUT2D eigenvalue weighted by Crippen LogP contribution is -2.19. The van der Waals surface area contributed by atoms with Gasteiger partial charge in [-0.1, -0.05) is 0 Å². The second-order valence-corrected chi connectivity index (χ2v) is 3.23. The number of halogens is 6. The molecule has 1 heterocycles. The van der Waals surface area contributed by atoms with Crippen LogP contribution in [0, 0.1) is 11.3 Å². The number of nitrogens with zero attached hydrogens (tertiary/aromatic N) is 2. The van der Waals surface area contributed by atoms with Gasteiger partial charge in [0.15, 0.2) is 5.75 Å². The second-order valence-electron chi connectivity index (χ2n) is 2.96. The van der Waals surface area contributed by atoms with Gasteiger partial charge in [0.2, 0.25) is 0 Å². The first-order valence-corrected chi connectivity index (χ1v) is 4.85. The van der Waals surface area contributed by atoms with Crippen molar-refractivity contribution in [1.29, 1.82) is 5.26 Å². The van der Waals surface area contributed by atoms with Crippen molar-refractivity contribution in [2.45, 2.75) is 18.7 Å². The van der Waals surface area contributed by atoms with Gasteiger partial charge in [-0.2, -0.15) is 5.26 Å². The van der Waals surface area contributed by atoms with Crippen molar-refractivity contribution >= 4 is 11.6 Å². The Hall–Kier alpha value is -1.62. The van der Waals surface area contributed by atoms with E-state index in [-0.39, 0.29) is 0 Å². The van der Waals surface area contributed by atoms with Crippen molar-refractivity contribution in [2.75, 3.05) is 0 Å². The lowest BCUT2D eigenvalue weighted by atomic mass is 10.2. The summed E-state index contributed by atoms with van der Waals surface area (Å²) in [6, 6.07) is 1.75. The minimum absolute atomic E-state index is 0.368. The monoisotopic (exact) mass is 286 g/mol. The van der Waals surface area contributed by atoms with Crippen LogP contribution >= 0.6 is 11.6 Å². The molecular formula is C9H4ClF5N2O. The highest BCUT2D eigenvalue weighted by atomic mass is 35.5. The van der Waals surface area contributed by atoms with Crippen LogP contribution in [-0.2, 0) is 5.88 Å². The molecule has 0 N–H and O–H groups in total. The highest BCUT2D eigenvalue weighted by Crippen LogP contribution is 2.31. The van der Waals surface area contributed by atoms with Crippen molar-refractivity contribution in [3.8, 4) is 11.8 Å². The molecule has 0 aliphatic heterocycles. The highest BCUT2D eigenvalue weighted by Gasteiger charge is 2.33. The summed E-state index contributed by atoms with van der Waals surface area (Å²) in [6.07, 6.45) is -8.20. The average Bonchev–Trinajstić information content (AvgIpc) is 2.25. The van der Waals surface area contributed by atoms with E-state index in [1.54, 1.807) is 0 Å². The number of hydrogen-bond acceptors (Lipinski definition) is 3. The fourth-order valence-corrected chi connectivity index (χ4v) is 1.32. The standard InChI is InChI=1S/C9H4ClF5N2O/c10-2-6-4(3-16)7(18-9(13,14)15)1-5(17-6)8(11)12/h1,8H,2H2. The number of nitriles is 1. The van der Waals surface area contributed by atoms with Crippen molar-refractivity contribution in [1.82, 2.24) is 4.98 Å². The summed E-state index contributed by atoms with van der Waals surface area (Å²) in [5.41, 5.74) is -1.95. The summed E-state index contributed by atoms with van der Waals surface area (Å²) in [4.78, 5) is 3.30. The molecule has 0 bridgehead atoms. The summed E-state index contributed by atoms with van der Waals surface area (Å²) in [6.45, 7) is 0. The summed E-state index contributed by atoms with van der Waals surface area (Å²) < 4.78 is 64.5. The zero-order chi connectivity index (χ0) is 13.9. The van der Waals surface area contributed by atoms with Crippen LogP contribution in [-0.4, -0.2) is 11.3 Å². The molecule has 0 radical (unpaired) electrons. The van der Waals surface area contributed by atoms with Gasteiger partial charge in [-0.3, -0.25) is 0 Å². The van der Waals surface area contributed by atoms with Crippen molar-refractivity contribution in [3.05, 3.63) is 23.0 Å². The minimum atomic E-state index is -5.10. The topological polar surface area (TPSA) is 45.9 Å². The van der Waals surface area contributed by atoms with Crippen molar-refractivity contribution in [2.24, 2.45) is 0 Å². The zero-order valence-corrected chi connectivity index (χ0v) is 9.19. The lowest BCUT2D eigenvalue weighted by molar-refractivity contribution is -0.274. The predicted molar refractivity (Wildman–Crippen MR) is 50.1 cm³/mol. The predicted octanol–water partition coefficient (Wildman–Crippen LogP) is 3.53. The summed E-state index contributed by atoms with van der Waals surface area (Å²) in [5.74, 6) is -1.52. The van der Waals surface area contributed by atoms with E-state index >= 15 is 0 Å². The van der Waals surface area contributed by atoms with Crippen LogP contribution in [0.5, 0.6) is 5.75 Å². The Morgan fingerprint density at radius 2 is 2.06 bits per heavy atom. The maximum atomic E-state index is 12.4. The first-order chi connectivity index (χ1) is 8.28. The molecule has 18 heavy (non-hydrogen) atoms. The molecule has 0 unspecified atom stereocenters.